The van der Waals surface area contributed by atoms with Crippen LogP contribution in [-0.2, 0) is 16.1 Å². The number of nitrogens with one attached hydrogen (secondary N) is 1. The zero-order valence-corrected chi connectivity index (χ0v) is 16.4. The number of carbonyl (C=O) groups is 3. The summed E-state index contributed by atoms with van der Waals surface area (Å²) in [4.78, 5) is 41.1. The van der Waals surface area contributed by atoms with Crippen LogP contribution >= 0.6 is 0 Å². The largest absolute Gasteiger partial charge is 0.334 e. The quantitative estimate of drug-likeness (QED) is 0.630. The SMILES string of the molecule is CCN(CC)C(=O)NCc1ccc(N2C(=O)C3C4C=CC(CC4)C3C2=O)cc1. The number of anilines is 1. The van der Waals surface area contributed by atoms with Crippen molar-refractivity contribution in [1.29, 1.82) is 0 Å². The standard InChI is InChI=1S/C22H27N3O3/c1-3-24(4-2)22(28)23-13-14-5-11-17(12-6-14)25-20(26)18-15-7-8-16(10-9-15)19(18)21(25)27/h5-8,11-12,15-16,18-19H,3-4,9-10,13H2,1-2H3,(H,23,28). The molecule has 4 unspecified atom stereocenters. The van der Waals surface area contributed by atoms with E-state index in [9.17, 15) is 14.4 Å². The topological polar surface area (TPSA) is 69.7 Å². The number of nitrogens with zero attached hydrogens (tertiary/aromatic N) is 2. The van der Waals surface area contributed by atoms with E-state index in [-0.39, 0.29) is 41.5 Å². The number of allylic oxidation sites excluding steroid dienone is 2. The highest BCUT2D eigenvalue weighted by Crippen LogP contribution is 2.50. The van der Waals surface area contributed by atoms with Crippen molar-refractivity contribution in [1.82, 2.24) is 10.2 Å². The van der Waals surface area contributed by atoms with Gasteiger partial charge in [0.15, 0.2) is 0 Å². The first kappa shape index (κ1) is 18.7. The second-order valence-electron chi connectivity index (χ2n) is 7.85. The Morgan fingerprint density at radius 1 is 1.00 bits per heavy atom. The molecular formula is C22H27N3O3. The van der Waals surface area contributed by atoms with Crippen LogP contribution in [0.4, 0.5) is 10.5 Å². The Labute approximate surface area is 165 Å². The number of carbonyl (C=O) groups excluding carboxylic acids is 3. The van der Waals surface area contributed by atoms with Crippen molar-refractivity contribution >= 4 is 23.5 Å². The molecule has 4 atom stereocenters. The summed E-state index contributed by atoms with van der Waals surface area (Å²) < 4.78 is 0. The maximum Gasteiger partial charge on any atom is 0.317 e. The zero-order chi connectivity index (χ0) is 19.8. The second kappa shape index (κ2) is 7.41. The minimum Gasteiger partial charge on any atom is -0.334 e. The van der Waals surface area contributed by atoms with Crippen LogP contribution in [0, 0.1) is 23.7 Å². The van der Waals surface area contributed by atoms with Crippen molar-refractivity contribution in [2.75, 3.05) is 18.0 Å². The molecule has 0 spiro atoms. The van der Waals surface area contributed by atoms with Gasteiger partial charge in [0.05, 0.1) is 17.5 Å². The van der Waals surface area contributed by atoms with Crippen molar-refractivity contribution in [3.05, 3.63) is 42.0 Å². The molecule has 1 heterocycles. The van der Waals surface area contributed by atoms with E-state index in [0.29, 0.717) is 25.3 Å². The number of hydrogen-bond donors (Lipinski definition) is 1. The van der Waals surface area contributed by atoms with E-state index in [1.807, 2.05) is 26.0 Å². The van der Waals surface area contributed by atoms with Gasteiger partial charge in [-0.3, -0.25) is 14.5 Å². The van der Waals surface area contributed by atoms with E-state index in [4.69, 9.17) is 0 Å². The van der Waals surface area contributed by atoms with Crippen LogP contribution in [0.25, 0.3) is 0 Å². The minimum atomic E-state index is -0.190. The number of hydrogen-bond acceptors (Lipinski definition) is 3. The van der Waals surface area contributed by atoms with Gasteiger partial charge in [0.2, 0.25) is 11.8 Å². The molecule has 5 rings (SSSR count). The van der Waals surface area contributed by atoms with Gasteiger partial charge in [0.1, 0.15) is 0 Å². The van der Waals surface area contributed by atoms with Crippen LogP contribution in [0.3, 0.4) is 0 Å². The second-order valence-corrected chi connectivity index (χ2v) is 7.85. The number of rotatable bonds is 5. The third-order valence-corrected chi connectivity index (χ3v) is 6.45. The third-order valence-electron chi connectivity index (χ3n) is 6.45. The predicted octanol–water partition coefficient (Wildman–Crippen LogP) is 2.94. The fraction of sp³-hybridized carbons (Fsp3) is 0.500. The summed E-state index contributed by atoms with van der Waals surface area (Å²) in [5.41, 5.74) is 1.56. The van der Waals surface area contributed by atoms with Crippen LogP contribution in [0.1, 0.15) is 32.3 Å². The molecule has 1 aliphatic heterocycles. The maximum absolute atomic E-state index is 13.0. The molecule has 0 aromatic heterocycles. The van der Waals surface area contributed by atoms with Gasteiger partial charge in [-0.1, -0.05) is 24.3 Å². The number of benzene rings is 1. The van der Waals surface area contributed by atoms with E-state index in [1.54, 1.807) is 17.0 Å². The van der Waals surface area contributed by atoms with Gasteiger partial charge in [-0.05, 0) is 56.2 Å². The first-order valence-corrected chi connectivity index (χ1v) is 10.2. The Morgan fingerprint density at radius 3 is 2.00 bits per heavy atom. The van der Waals surface area contributed by atoms with E-state index >= 15 is 0 Å². The average molecular weight is 381 g/mol. The van der Waals surface area contributed by atoms with E-state index < -0.39 is 0 Å². The summed E-state index contributed by atoms with van der Waals surface area (Å²) in [6.07, 6.45) is 6.26. The fourth-order valence-electron chi connectivity index (χ4n) is 4.89. The normalized spacial score (nSPS) is 27.9. The molecule has 28 heavy (non-hydrogen) atoms. The van der Waals surface area contributed by atoms with Gasteiger partial charge in [-0.15, -0.1) is 0 Å². The number of imide groups is 1. The van der Waals surface area contributed by atoms with Crippen molar-refractivity contribution in [2.45, 2.75) is 33.2 Å². The molecule has 4 amide bonds. The molecule has 1 saturated heterocycles. The van der Waals surface area contributed by atoms with E-state index in [0.717, 1.165) is 18.4 Å². The van der Waals surface area contributed by atoms with Crippen molar-refractivity contribution in [3.63, 3.8) is 0 Å². The first-order chi connectivity index (χ1) is 13.5. The van der Waals surface area contributed by atoms with Crippen LogP contribution in [0.5, 0.6) is 0 Å². The zero-order valence-electron chi connectivity index (χ0n) is 16.4. The lowest BCUT2D eigenvalue weighted by molar-refractivity contribution is -0.124. The summed E-state index contributed by atoms with van der Waals surface area (Å²) in [7, 11) is 0. The number of urea groups is 1. The van der Waals surface area contributed by atoms with E-state index in [1.165, 1.54) is 4.90 Å². The minimum absolute atomic E-state index is 0.0587. The van der Waals surface area contributed by atoms with Gasteiger partial charge < -0.3 is 10.2 Å². The molecule has 6 heteroatoms. The Hall–Kier alpha value is -2.63. The lowest BCUT2D eigenvalue weighted by Gasteiger charge is -2.38. The molecule has 0 radical (unpaired) electrons. The predicted molar refractivity (Wildman–Crippen MR) is 106 cm³/mol. The van der Waals surface area contributed by atoms with Crippen LogP contribution in [0.15, 0.2) is 36.4 Å². The molecule has 1 aromatic carbocycles. The Bertz CT molecular complexity index is 781. The van der Waals surface area contributed by atoms with Crippen molar-refractivity contribution in [3.8, 4) is 0 Å². The van der Waals surface area contributed by atoms with Gasteiger partial charge >= 0.3 is 6.03 Å². The highest BCUT2D eigenvalue weighted by atomic mass is 16.2. The highest BCUT2D eigenvalue weighted by Gasteiger charge is 2.56. The molecule has 3 aliphatic carbocycles. The highest BCUT2D eigenvalue weighted by molar-refractivity contribution is 6.22. The lowest BCUT2D eigenvalue weighted by atomic mass is 9.63. The number of fused-ring (bicyclic) bond motifs is 1. The average Bonchev–Trinajstić information content (AvgIpc) is 3.01. The van der Waals surface area contributed by atoms with E-state index in [2.05, 4.69) is 17.5 Å². The molecule has 2 bridgehead atoms. The summed E-state index contributed by atoms with van der Waals surface area (Å²) >= 11 is 0. The summed E-state index contributed by atoms with van der Waals surface area (Å²) in [5, 5.41) is 2.90. The fourth-order valence-corrected chi connectivity index (χ4v) is 4.89. The monoisotopic (exact) mass is 381 g/mol. The van der Waals surface area contributed by atoms with Crippen molar-refractivity contribution in [2.24, 2.45) is 23.7 Å². The number of amides is 4. The van der Waals surface area contributed by atoms with Gasteiger partial charge in [-0.2, -0.15) is 0 Å². The summed E-state index contributed by atoms with van der Waals surface area (Å²) in [5.74, 6) is -0.0983. The molecule has 4 aliphatic rings. The van der Waals surface area contributed by atoms with Crippen LogP contribution in [-0.4, -0.2) is 35.8 Å². The smallest absolute Gasteiger partial charge is 0.317 e. The van der Waals surface area contributed by atoms with Crippen LogP contribution in [0.2, 0.25) is 0 Å². The van der Waals surface area contributed by atoms with Crippen LogP contribution < -0.4 is 10.2 Å². The first-order valence-electron chi connectivity index (χ1n) is 10.2. The Balaban J connectivity index is 1.45. The maximum atomic E-state index is 13.0. The summed E-state index contributed by atoms with van der Waals surface area (Å²) in [6.45, 7) is 5.64. The van der Waals surface area contributed by atoms with Gasteiger partial charge in [0, 0.05) is 19.6 Å². The Morgan fingerprint density at radius 2 is 1.54 bits per heavy atom. The molecule has 6 nitrogen and oxygen atoms in total. The molecule has 2 fully saturated rings. The summed E-state index contributed by atoms with van der Waals surface area (Å²) in [6, 6.07) is 7.26. The van der Waals surface area contributed by atoms with Gasteiger partial charge in [-0.25, -0.2) is 4.79 Å². The van der Waals surface area contributed by atoms with Gasteiger partial charge in [0.25, 0.3) is 0 Å². The molecular weight excluding hydrogens is 354 g/mol. The lowest BCUT2D eigenvalue weighted by Crippen LogP contribution is -2.39. The molecule has 1 N–H and O–H groups in total. The molecule has 1 aromatic rings. The molecule has 1 saturated carbocycles. The Kier molecular flexibility index (Phi) is 4.96. The van der Waals surface area contributed by atoms with Crippen molar-refractivity contribution < 1.29 is 14.4 Å². The molecule has 148 valence electrons. The third kappa shape index (κ3) is 3.01.